The Morgan fingerprint density at radius 1 is 1.06 bits per heavy atom. The number of rotatable bonds is 7. The predicted octanol–water partition coefficient (Wildman–Crippen LogP) is 4.27. The summed E-state index contributed by atoms with van der Waals surface area (Å²) in [6.45, 7) is 3.25. The van der Waals surface area contributed by atoms with E-state index in [0.29, 0.717) is 22.7 Å². The van der Waals surface area contributed by atoms with Crippen molar-refractivity contribution in [3.63, 3.8) is 0 Å². The Morgan fingerprint density at radius 2 is 1.71 bits per heavy atom. The minimum absolute atomic E-state index is 0.348. The molecule has 0 aliphatic heterocycles. The zero-order chi connectivity index (χ0) is 22.6. The maximum Gasteiger partial charge on any atom is 0.313 e. The van der Waals surface area contributed by atoms with Crippen molar-refractivity contribution < 1.29 is 14.7 Å². The molecular weight excluding hydrogens is 414 g/mol. The van der Waals surface area contributed by atoms with Gasteiger partial charge in [-0.25, -0.2) is 0 Å². The van der Waals surface area contributed by atoms with E-state index in [2.05, 4.69) is 10.3 Å². The van der Waals surface area contributed by atoms with Crippen LogP contribution in [0.5, 0.6) is 0 Å². The minimum Gasteiger partial charge on any atom is -0.481 e. The Bertz CT molecular complexity index is 1080. The van der Waals surface area contributed by atoms with Gasteiger partial charge < -0.3 is 16.2 Å². The first-order chi connectivity index (χ1) is 14.7. The molecule has 2 aromatic carbocycles. The summed E-state index contributed by atoms with van der Waals surface area (Å²) in [6, 6.07) is 15.3. The number of aliphatic carboxylic acids is 1. The van der Waals surface area contributed by atoms with Crippen LogP contribution in [0.1, 0.15) is 25.0 Å². The van der Waals surface area contributed by atoms with Crippen molar-refractivity contribution in [1.82, 2.24) is 4.98 Å². The van der Waals surface area contributed by atoms with Crippen LogP contribution in [0.15, 0.2) is 67.0 Å². The SMILES string of the molecule is CC(C)(C(=O)O)c1cc(NC(=O)C(N)Cc2ccc(Cl)cc2)cc(-c2ccncc2)c1. The summed E-state index contributed by atoms with van der Waals surface area (Å²) in [6.07, 6.45) is 3.66. The first-order valence-electron chi connectivity index (χ1n) is 9.77. The summed E-state index contributed by atoms with van der Waals surface area (Å²) >= 11 is 5.90. The number of anilines is 1. The number of hydrogen-bond acceptors (Lipinski definition) is 4. The summed E-state index contributed by atoms with van der Waals surface area (Å²) < 4.78 is 0. The molecule has 0 aliphatic rings. The Morgan fingerprint density at radius 3 is 2.32 bits per heavy atom. The van der Waals surface area contributed by atoms with Gasteiger partial charge in [-0.3, -0.25) is 14.6 Å². The average Bonchev–Trinajstić information content (AvgIpc) is 2.75. The van der Waals surface area contributed by atoms with Gasteiger partial charge in [-0.1, -0.05) is 23.7 Å². The number of amides is 1. The van der Waals surface area contributed by atoms with Crippen LogP contribution in [0.2, 0.25) is 5.02 Å². The molecule has 7 heteroatoms. The molecule has 31 heavy (non-hydrogen) atoms. The summed E-state index contributed by atoms with van der Waals surface area (Å²) in [5, 5.41) is 13.1. The Balaban J connectivity index is 1.89. The van der Waals surface area contributed by atoms with E-state index in [9.17, 15) is 14.7 Å². The quantitative estimate of drug-likeness (QED) is 0.511. The number of carbonyl (C=O) groups excluding carboxylic acids is 1. The van der Waals surface area contributed by atoms with Crippen molar-refractivity contribution >= 4 is 29.2 Å². The van der Waals surface area contributed by atoms with Crippen molar-refractivity contribution in [2.24, 2.45) is 5.73 Å². The number of pyridine rings is 1. The van der Waals surface area contributed by atoms with Crippen LogP contribution in [-0.4, -0.2) is 28.0 Å². The third-order valence-corrected chi connectivity index (χ3v) is 5.43. The molecule has 3 rings (SSSR count). The number of halogens is 1. The van der Waals surface area contributed by atoms with E-state index in [1.165, 1.54) is 0 Å². The highest BCUT2D eigenvalue weighted by molar-refractivity contribution is 6.30. The number of benzene rings is 2. The molecule has 0 saturated heterocycles. The Labute approximate surface area is 186 Å². The molecule has 3 aromatic rings. The normalized spacial score (nSPS) is 12.3. The van der Waals surface area contributed by atoms with Gasteiger partial charge in [-0.2, -0.15) is 0 Å². The summed E-state index contributed by atoms with van der Waals surface area (Å²) in [7, 11) is 0. The largest absolute Gasteiger partial charge is 0.481 e. The van der Waals surface area contributed by atoms with E-state index in [4.69, 9.17) is 17.3 Å². The van der Waals surface area contributed by atoms with Crippen LogP contribution in [0, 0.1) is 0 Å². The summed E-state index contributed by atoms with van der Waals surface area (Å²) in [4.78, 5) is 28.6. The van der Waals surface area contributed by atoms with Crippen molar-refractivity contribution in [3.05, 3.63) is 83.1 Å². The smallest absolute Gasteiger partial charge is 0.313 e. The molecule has 0 radical (unpaired) electrons. The second kappa shape index (κ2) is 9.29. The number of carboxylic acids is 1. The second-order valence-electron chi connectivity index (χ2n) is 7.89. The maximum atomic E-state index is 12.7. The van der Waals surface area contributed by atoms with E-state index >= 15 is 0 Å². The Hall–Kier alpha value is -3.22. The average molecular weight is 438 g/mol. The van der Waals surface area contributed by atoms with Crippen molar-refractivity contribution in [2.45, 2.75) is 31.7 Å². The van der Waals surface area contributed by atoms with Gasteiger partial charge in [0.1, 0.15) is 0 Å². The molecule has 0 spiro atoms. The number of hydrogen-bond donors (Lipinski definition) is 3. The van der Waals surface area contributed by atoms with E-state index in [1.807, 2.05) is 30.3 Å². The fraction of sp³-hybridized carbons (Fsp3) is 0.208. The lowest BCUT2D eigenvalue weighted by Crippen LogP contribution is -2.37. The Kier molecular flexibility index (Phi) is 6.73. The lowest BCUT2D eigenvalue weighted by molar-refractivity contribution is -0.142. The highest BCUT2D eigenvalue weighted by Crippen LogP contribution is 2.32. The van der Waals surface area contributed by atoms with Crippen molar-refractivity contribution in [3.8, 4) is 11.1 Å². The molecule has 1 aromatic heterocycles. The van der Waals surface area contributed by atoms with Gasteiger partial charge in [0.2, 0.25) is 5.91 Å². The van der Waals surface area contributed by atoms with Crippen molar-refractivity contribution in [2.75, 3.05) is 5.32 Å². The van der Waals surface area contributed by atoms with Gasteiger partial charge in [0.15, 0.2) is 0 Å². The molecule has 0 saturated carbocycles. The molecule has 1 heterocycles. The minimum atomic E-state index is -1.14. The second-order valence-corrected chi connectivity index (χ2v) is 8.33. The van der Waals surface area contributed by atoms with Crippen LogP contribution in [-0.2, 0) is 21.4 Å². The fourth-order valence-electron chi connectivity index (χ4n) is 3.10. The highest BCUT2D eigenvalue weighted by Gasteiger charge is 2.30. The van der Waals surface area contributed by atoms with Gasteiger partial charge >= 0.3 is 5.97 Å². The third kappa shape index (κ3) is 5.48. The van der Waals surface area contributed by atoms with Gasteiger partial charge in [0, 0.05) is 23.1 Å². The summed E-state index contributed by atoms with van der Waals surface area (Å²) in [5.74, 6) is -1.32. The van der Waals surface area contributed by atoms with Gasteiger partial charge in [0.25, 0.3) is 0 Å². The molecule has 1 atom stereocenters. The zero-order valence-electron chi connectivity index (χ0n) is 17.3. The third-order valence-electron chi connectivity index (χ3n) is 5.18. The lowest BCUT2D eigenvalue weighted by Gasteiger charge is -2.22. The lowest BCUT2D eigenvalue weighted by atomic mass is 9.83. The van der Waals surface area contributed by atoms with Crippen LogP contribution < -0.4 is 11.1 Å². The first kappa shape index (κ1) is 22.5. The maximum absolute atomic E-state index is 12.7. The molecule has 4 N–H and O–H groups in total. The molecule has 1 amide bonds. The highest BCUT2D eigenvalue weighted by atomic mass is 35.5. The van der Waals surface area contributed by atoms with E-state index in [0.717, 1.165) is 16.7 Å². The topological polar surface area (TPSA) is 105 Å². The van der Waals surface area contributed by atoms with Gasteiger partial charge in [0.05, 0.1) is 11.5 Å². The number of nitrogens with two attached hydrogens (primary N) is 1. The van der Waals surface area contributed by atoms with E-state index < -0.39 is 17.4 Å². The van der Waals surface area contributed by atoms with Gasteiger partial charge in [-0.15, -0.1) is 0 Å². The fourth-order valence-corrected chi connectivity index (χ4v) is 3.22. The number of nitrogens with one attached hydrogen (secondary N) is 1. The molecule has 0 aliphatic carbocycles. The molecular formula is C24H24ClN3O3. The van der Waals surface area contributed by atoms with Crippen LogP contribution in [0.3, 0.4) is 0 Å². The van der Waals surface area contributed by atoms with Crippen LogP contribution >= 0.6 is 11.6 Å². The number of carboxylic acid groups (broad SMARTS) is 1. The molecule has 0 fully saturated rings. The monoisotopic (exact) mass is 437 g/mol. The van der Waals surface area contributed by atoms with Crippen molar-refractivity contribution in [1.29, 1.82) is 0 Å². The van der Waals surface area contributed by atoms with Gasteiger partial charge in [-0.05, 0) is 85.0 Å². The number of carbonyl (C=O) groups is 2. The molecule has 160 valence electrons. The number of nitrogens with zero attached hydrogens (tertiary/aromatic N) is 1. The van der Waals surface area contributed by atoms with E-state index in [-0.39, 0.29) is 5.91 Å². The van der Waals surface area contributed by atoms with E-state index in [1.54, 1.807) is 50.5 Å². The molecule has 0 bridgehead atoms. The first-order valence-corrected chi connectivity index (χ1v) is 10.1. The molecule has 6 nitrogen and oxygen atoms in total. The zero-order valence-corrected chi connectivity index (χ0v) is 18.1. The summed E-state index contributed by atoms with van der Waals surface area (Å²) in [5.41, 5.74) is 8.54. The van der Waals surface area contributed by atoms with Crippen LogP contribution in [0.25, 0.3) is 11.1 Å². The predicted molar refractivity (Wildman–Crippen MR) is 122 cm³/mol. The number of aromatic nitrogens is 1. The molecule has 1 unspecified atom stereocenters. The van der Waals surface area contributed by atoms with Crippen LogP contribution in [0.4, 0.5) is 5.69 Å². The standard InChI is InChI=1S/C24H24ClN3O3/c1-24(2,23(30)31)18-12-17(16-7-9-27-10-8-16)13-20(14-18)28-22(29)21(26)11-15-3-5-19(25)6-4-15/h3-10,12-14,21H,11,26H2,1-2H3,(H,28,29)(H,30,31).